The zero-order chi connectivity index (χ0) is 10.4. The van der Waals surface area contributed by atoms with Gasteiger partial charge in [-0.15, -0.1) is 0 Å². The standard InChI is InChI=1S/C11H21N.C2H6/c1-9-3-2-4-10-5-6-12-8-11(10)7-9;1-2/h9-12H,2-8H2,1H3;1-2H3. The predicted molar refractivity (Wildman–Crippen MR) is 63.4 cm³/mol. The fourth-order valence-corrected chi connectivity index (χ4v) is 3.00. The van der Waals surface area contributed by atoms with Gasteiger partial charge >= 0.3 is 0 Å². The molecule has 0 spiro atoms. The molecule has 84 valence electrons. The van der Waals surface area contributed by atoms with E-state index in [1.807, 2.05) is 13.8 Å². The minimum Gasteiger partial charge on any atom is -0.316 e. The first-order valence-electron chi connectivity index (χ1n) is 6.57. The van der Waals surface area contributed by atoms with E-state index in [2.05, 4.69) is 12.2 Å². The fraction of sp³-hybridized carbons (Fsp3) is 1.00. The third-order valence-electron chi connectivity index (χ3n) is 3.74. The summed E-state index contributed by atoms with van der Waals surface area (Å²) >= 11 is 0. The molecule has 1 aliphatic heterocycles. The molecular weight excluding hydrogens is 170 g/mol. The van der Waals surface area contributed by atoms with E-state index in [9.17, 15) is 0 Å². The quantitative estimate of drug-likeness (QED) is 0.627. The average Bonchev–Trinajstić information content (AvgIpc) is 2.41. The van der Waals surface area contributed by atoms with Crippen LogP contribution in [0.2, 0.25) is 0 Å². The fourth-order valence-electron chi connectivity index (χ4n) is 3.00. The lowest BCUT2D eigenvalue weighted by Crippen LogP contribution is -2.36. The lowest BCUT2D eigenvalue weighted by atomic mass is 9.82. The van der Waals surface area contributed by atoms with Gasteiger partial charge in [0.05, 0.1) is 0 Å². The minimum absolute atomic E-state index is 0.986. The summed E-state index contributed by atoms with van der Waals surface area (Å²) in [6.07, 6.45) is 7.40. The molecule has 1 N–H and O–H groups in total. The number of fused-ring (bicyclic) bond motifs is 1. The van der Waals surface area contributed by atoms with E-state index in [-0.39, 0.29) is 0 Å². The van der Waals surface area contributed by atoms with Gasteiger partial charge in [0.15, 0.2) is 0 Å². The molecule has 3 atom stereocenters. The molecule has 0 aromatic rings. The van der Waals surface area contributed by atoms with Crippen molar-refractivity contribution in [3.05, 3.63) is 0 Å². The van der Waals surface area contributed by atoms with Crippen molar-refractivity contribution in [1.82, 2.24) is 5.32 Å². The van der Waals surface area contributed by atoms with E-state index < -0.39 is 0 Å². The molecule has 0 amide bonds. The van der Waals surface area contributed by atoms with Gasteiger partial charge in [-0.2, -0.15) is 0 Å². The first-order valence-corrected chi connectivity index (χ1v) is 6.57. The van der Waals surface area contributed by atoms with E-state index >= 15 is 0 Å². The average molecular weight is 197 g/mol. The van der Waals surface area contributed by atoms with Crippen LogP contribution in [0.25, 0.3) is 0 Å². The Bertz CT molecular complexity index is 144. The predicted octanol–water partition coefficient (Wildman–Crippen LogP) is 3.45. The van der Waals surface area contributed by atoms with Crippen molar-refractivity contribution in [2.75, 3.05) is 13.1 Å². The van der Waals surface area contributed by atoms with Crippen LogP contribution in [-0.4, -0.2) is 13.1 Å². The van der Waals surface area contributed by atoms with Crippen LogP contribution < -0.4 is 5.32 Å². The van der Waals surface area contributed by atoms with E-state index in [4.69, 9.17) is 0 Å². The van der Waals surface area contributed by atoms with Gasteiger partial charge in [-0.25, -0.2) is 0 Å². The Labute approximate surface area is 89.7 Å². The van der Waals surface area contributed by atoms with Gasteiger partial charge in [0.2, 0.25) is 0 Å². The van der Waals surface area contributed by atoms with Crippen LogP contribution in [0.1, 0.15) is 52.9 Å². The van der Waals surface area contributed by atoms with Crippen molar-refractivity contribution in [1.29, 1.82) is 0 Å². The molecule has 14 heavy (non-hydrogen) atoms. The van der Waals surface area contributed by atoms with E-state index in [0.717, 1.165) is 17.8 Å². The van der Waals surface area contributed by atoms with Gasteiger partial charge in [0, 0.05) is 0 Å². The summed E-state index contributed by atoms with van der Waals surface area (Å²) in [7, 11) is 0. The van der Waals surface area contributed by atoms with Crippen LogP contribution in [-0.2, 0) is 0 Å². The highest BCUT2D eigenvalue weighted by Crippen LogP contribution is 2.34. The van der Waals surface area contributed by atoms with Gasteiger partial charge in [-0.3, -0.25) is 0 Å². The lowest BCUT2D eigenvalue weighted by molar-refractivity contribution is 0.229. The molecule has 2 aliphatic rings. The van der Waals surface area contributed by atoms with Gasteiger partial charge in [-0.1, -0.05) is 40.0 Å². The highest BCUT2D eigenvalue weighted by molar-refractivity contribution is 4.82. The van der Waals surface area contributed by atoms with Crippen molar-refractivity contribution in [3.8, 4) is 0 Å². The topological polar surface area (TPSA) is 12.0 Å². The molecule has 1 saturated heterocycles. The SMILES string of the molecule is CC.CC1CCCC2CCNCC2C1. The van der Waals surface area contributed by atoms with Crippen LogP contribution in [0.15, 0.2) is 0 Å². The Balaban J connectivity index is 0.000000461. The second-order valence-electron chi connectivity index (χ2n) is 4.78. The van der Waals surface area contributed by atoms with Crippen molar-refractivity contribution >= 4 is 0 Å². The Hall–Kier alpha value is -0.0400. The Morgan fingerprint density at radius 2 is 1.79 bits per heavy atom. The number of hydrogen-bond acceptors (Lipinski definition) is 1. The molecule has 0 bridgehead atoms. The van der Waals surface area contributed by atoms with E-state index in [0.29, 0.717) is 0 Å². The number of rotatable bonds is 0. The van der Waals surface area contributed by atoms with Crippen molar-refractivity contribution in [2.24, 2.45) is 17.8 Å². The number of piperidine rings is 1. The third kappa shape index (κ3) is 3.27. The molecule has 1 nitrogen and oxygen atoms in total. The molecule has 1 saturated carbocycles. The third-order valence-corrected chi connectivity index (χ3v) is 3.74. The summed E-state index contributed by atoms with van der Waals surface area (Å²) in [4.78, 5) is 0. The van der Waals surface area contributed by atoms with E-state index in [1.54, 1.807) is 0 Å². The molecule has 0 aromatic heterocycles. The molecule has 0 aromatic carbocycles. The Morgan fingerprint density at radius 3 is 2.57 bits per heavy atom. The summed E-state index contributed by atoms with van der Waals surface area (Å²) < 4.78 is 0. The van der Waals surface area contributed by atoms with Crippen LogP contribution in [0.4, 0.5) is 0 Å². The first kappa shape index (κ1) is 12.0. The van der Waals surface area contributed by atoms with Gasteiger partial charge in [-0.05, 0) is 43.7 Å². The summed E-state index contributed by atoms with van der Waals surface area (Å²) in [5, 5.41) is 3.53. The Kier molecular flexibility index (Phi) is 5.54. The molecular formula is C13H27N. The maximum Gasteiger partial charge on any atom is -0.00178 e. The van der Waals surface area contributed by atoms with Crippen LogP contribution >= 0.6 is 0 Å². The van der Waals surface area contributed by atoms with Crippen LogP contribution in [0.5, 0.6) is 0 Å². The molecule has 3 unspecified atom stereocenters. The minimum atomic E-state index is 0.986. The molecule has 1 aliphatic carbocycles. The normalized spacial score (nSPS) is 37.5. The van der Waals surface area contributed by atoms with E-state index in [1.165, 1.54) is 45.2 Å². The number of hydrogen-bond donors (Lipinski definition) is 1. The lowest BCUT2D eigenvalue weighted by Gasteiger charge is -2.31. The highest BCUT2D eigenvalue weighted by Gasteiger charge is 2.28. The Morgan fingerprint density at radius 1 is 1.00 bits per heavy atom. The van der Waals surface area contributed by atoms with Gasteiger partial charge in [0.1, 0.15) is 0 Å². The maximum atomic E-state index is 3.53. The summed E-state index contributed by atoms with van der Waals surface area (Å²) in [5.41, 5.74) is 0. The zero-order valence-electron chi connectivity index (χ0n) is 10.2. The summed E-state index contributed by atoms with van der Waals surface area (Å²) in [5.74, 6) is 3.06. The molecule has 1 heteroatoms. The van der Waals surface area contributed by atoms with Crippen LogP contribution in [0.3, 0.4) is 0 Å². The number of nitrogens with one attached hydrogen (secondary N) is 1. The van der Waals surface area contributed by atoms with Crippen LogP contribution in [0, 0.1) is 17.8 Å². The molecule has 0 radical (unpaired) electrons. The van der Waals surface area contributed by atoms with Crippen molar-refractivity contribution < 1.29 is 0 Å². The second-order valence-corrected chi connectivity index (χ2v) is 4.78. The highest BCUT2D eigenvalue weighted by atomic mass is 14.9. The monoisotopic (exact) mass is 197 g/mol. The second kappa shape index (κ2) is 6.44. The summed E-state index contributed by atoms with van der Waals surface area (Å²) in [6.45, 7) is 9.00. The van der Waals surface area contributed by atoms with Crippen molar-refractivity contribution in [3.63, 3.8) is 0 Å². The largest absolute Gasteiger partial charge is 0.316 e. The first-order chi connectivity index (χ1) is 6.86. The smallest absolute Gasteiger partial charge is 0.00178 e. The molecule has 2 fully saturated rings. The summed E-state index contributed by atoms with van der Waals surface area (Å²) in [6, 6.07) is 0. The zero-order valence-corrected chi connectivity index (χ0v) is 10.2. The molecule has 1 heterocycles. The van der Waals surface area contributed by atoms with Gasteiger partial charge < -0.3 is 5.32 Å². The van der Waals surface area contributed by atoms with Crippen molar-refractivity contribution in [2.45, 2.75) is 52.9 Å². The van der Waals surface area contributed by atoms with Gasteiger partial charge in [0.25, 0.3) is 0 Å². The molecule has 2 rings (SSSR count). The maximum absolute atomic E-state index is 3.53.